The minimum absolute atomic E-state index is 1.38. The maximum absolute atomic E-state index is 2.22. The second-order valence-corrected chi connectivity index (χ2v) is 3.64. The van der Waals surface area contributed by atoms with E-state index in [2.05, 4.69) is 36.7 Å². The van der Waals surface area contributed by atoms with Gasteiger partial charge in [-0.05, 0) is 46.5 Å². The van der Waals surface area contributed by atoms with Crippen LogP contribution in [-0.4, -0.2) is 0 Å². The summed E-state index contributed by atoms with van der Waals surface area (Å²) in [7, 11) is 0. The van der Waals surface area contributed by atoms with Crippen LogP contribution in [-0.2, 0) is 0 Å². The Bertz CT molecular complexity index is 349. The van der Waals surface area contributed by atoms with Gasteiger partial charge in [-0.1, -0.05) is 12.1 Å². The van der Waals surface area contributed by atoms with Crippen molar-refractivity contribution in [2.45, 2.75) is 13.8 Å². The molecule has 2 rings (SSSR count). The van der Waals surface area contributed by atoms with Crippen LogP contribution in [0.3, 0.4) is 0 Å². The van der Waals surface area contributed by atoms with E-state index >= 15 is 0 Å². The molecule has 0 aliphatic heterocycles. The SMILES string of the molecule is Cc1ccc(C)c2cscc12. The van der Waals surface area contributed by atoms with Crippen LogP contribution >= 0.6 is 11.3 Å². The van der Waals surface area contributed by atoms with E-state index in [4.69, 9.17) is 0 Å². The van der Waals surface area contributed by atoms with Crippen LogP contribution in [0.25, 0.3) is 10.8 Å². The fourth-order valence-electron chi connectivity index (χ4n) is 1.34. The van der Waals surface area contributed by atoms with Crippen LogP contribution < -0.4 is 0 Å². The zero-order chi connectivity index (χ0) is 7.84. The Hall–Kier alpha value is -0.820. The highest BCUT2D eigenvalue weighted by Gasteiger charge is 1.99. The second-order valence-electron chi connectivity index (χ2n) is 2.90. The summed E-state index contributed by atoms with van der Waals surface area (Å²) in [5.74, 6) is 0. The minimum atomic E-state index is 1.38. The summed E-state index contributed by atoms with van der Waals surface area (Å²) in [4.78, 5) is 0. The van der Waals surface area contributed by atoms with E-state index in [9.17, 15) is 0 Å². The molecule has 1 aromatic heterocycles. The van der Waals surface area contributed by atoms with Gasteiger partial charge in [-0.2, -0.15) is 11.3 Å². The summed E-state index contributed by atoms with van der Waals surface area (Å²) in [5, 5.41) is 7.26. The highest BCUT2D eigenvalue weighted by Crippen LogP contribution is 2.25. The van der Waals surface area contributed by atoms with Crippen LogP contribution in [0.4, 0.5) is 0 Å². The molecule has 0 nitrogen and oxygen atoms in total. The first kappa shape index (κ1) is 6.86. The quantitative estimate of drug-likeness (QED) is 0.556. The second kappa shape index (κ2) is 2.35. The van der Waals surface area contributed by atoms with E-state index in [1.165, 1.54) is 21.9 Å². The fourth-order valence-corrected chi connectivity index (χ4v) is 2.30. The number of hydrogen-bond donors (Lipinski definition) is 0. The van der Waals surface area contributed by atoms with Crippen molar-refractivity contribution in [3.63, 3.8) is 0 Å². The Balaban J connectivity index is 2.96. The van der Waals surface area contributed by atoms with Crippen molar-refractivity contribution in [1.29, 1.82) is 0 Å². The van der Waals surface area contributed by atoms with Gasteiger partial charge in [0.15, 0.2) is 0 Å². The lowest BCUT2D eigenvalue weighted by Gasteiger charge is -1.98. The zero-order valence-electron chi connectivity index (χ0n) is 6.72. The first-order chi connectivity index (χ1) is 5.29. The van der Waals surface area contributed by atoms with Crippen molar-refractivity contribution in [1.82, 2.24) is 0 Å². The van der Waals surface area contributed by atoms with Gasteiger partial charge in [-0.15, -0.1) is 0 Å². The van der Waals surface area contributed by atoms with Crippen molar-refractivity contribution in [2.24, 2.45) is 0 Å². The van der Waals surface area contributed by atoms with E-state index in [1.54, 1.807) is 11.3 Å². The van der Waals surface area contributed by atoms with Crippen molar-refractivity contribution < 1.29 is 0 Å². The molecular weight excluding hydrogens is 152 g/mol. The molecule has 0 aliphatic carbocycles. The Morgan fingerprint density at radius 1 is 0.909 bits per heavy atom. The van der Waals surface area contributed by atoms with Gasteiger partial charge in [0, 0.05) is 0 Å². The average Bonchev–Trinajstić information content (AvgIpc) is 2.45. The Morgan fingerprint density at radius 3 is 1.82 bits per heavy atom. The molecule has 0 saturated heterocycles. The van der Waals surface area contributed by atoms with Crippen molar-refractivity contribution in [2.75, 3.05) is 0 Å². The summed E-state index contributed by atoms with van der Waals surface area (Å²) in [5.41, 5.74) is 2.76. The molecule has 11 heavy (non-hydrogen) atoms. The average molecular weight is 162 g/mol. The number of benzene rings is 1. The van der Waals surface area contributed by atoms with Crippen molar-refractivity contribution >= 4 is 22.1 Å². The predicted molar refractivity (Wildman–Crippen MR) is 51.3 cm³/mol. The molecule has 0 spiro atoms. The van der Waals surface area contributed by atoms with Crippen LogP contribution in [0.1, 0.15) is 11.1 Å². The number of rotatable bonds is 0. The molecule has 1 aromatic carbocycles. The number of thiophene rings is 1. The number of fused-ring (bicyclic) bond motifs is 1. The van der Waals surface area contributed by atoms with E-state index in [0.717, 1.165) is 0 Å². The van der Waals surface area contributed by atoms with E-state index in [-0.39, 0.29) is 0 Å². The van der Waals surface area contributed by atoms with Gasteiger partial charge in [0.1, 0.15) is 0 Å². The molecule has 0 bridgehead atoms. The predicted octanol–water partition coefficient (Wildman–Crippen LogP) is 3.52. The first-order valence-corrected chi connectivity index (χ1v) is 4.65. The molecule has 0 N–H and O–H groups in total. The van der Waals surface area contributed by atoms with Crippen LogP contribution in [0.5, 0.6) is 0 Å². The highest BCUT2D eigenvalue weighted by molar-refractivity contribution is 7.09. The minimum Gasteiger partial charge on any atom is -0.151 e. The van der Waals surface area contributed by atoms with Crippen LogP contribution in [0.15, 0.2) is 22.9 Å². The Kier molecular flexibility index (Phi) is 1.46. The summed E-state index contributed by atoms with van der Waals surface area (Å²) in [6, 6.07) is 4.37. The van der Waals surface area contributed by atoms with Crippen LogP contribution in [0, 0.1) is 13.8 Å². The van der Waals surface area contributed by atoms with Crippen LogP contribution in [0.2, 0.25) is 0 Å². The molecule has 0 unspecified atom stereocenters. The van der Waals surface area contributed by atoms with E-state index in [1.807, 2.05) is 0 Å². The van der Waals surface area contributed by atoms with Crippen molar-refractivity contribution in [3.05, 3.63) is 34.0 Å². The molecule has 0 amide bonds. The van der Waals surface area contributed by atoms with Gasteiger partial charge < -0.3 is 0 Å². The summed E-state index contributed by atoms with van der Waals surface area (Å²) in [6.07, 6.45) is 0. The smallest absolute Gasteiger partial charge is 0.00117 e. The molecule has 0 atom stereocenters. The maximum atomic E-state index is 2.22. The summed E-state index contributed by atoms with van der Waals surface area (Å²) < 4.78 is 0. The Morgan fingerprint density at radius 2 is 1.36 bits per heavy atom. The molecule has 2 aromatic rings. The fraction of sp³-hybridized carbons (Fsp3) is 0.200. The molecule has 56 valence electrons. The molecule has 0 radical (unpaired) electrons. The molecule has 1 heterocycles. The van der Waals surface area contributed by atoms with E-state index < -0.39 is 0 Å². The van der Waals surface area contributed by atoms with Gasteiger partial charge in [-0.25, -0.2) is 0 Å². The molecule has 0 saturated carbocycles. The number of aryl methyl sites for hydroxylation is 2. The molecule has 0 fully saturated rings. The topological polar surface area (TPSA) is 0 Å². The molecule has 0 aliphatic rings. The normalized spacial score (nSPS) is 10.7. The van der Waals surface area contributed by atoms with E-state index in [0.29, 0.717) is 0 Å². The van der Waals surface area contributed by atoms with Crippen molar-refractivity contribution in [3.8, 4) is 0 Å². The third-order valence-electron chi connectivity index (χ3n) is 2.09. The third kappa shape index (κ3) is 0.962. The highest BCUT2D eigenvalue weighted by atomic mass is 32.1. The lowest BCUT2D eigenvalue weighted by molar-refractivity contribution is 1.48. The standard InChI is InChI=1S/C10H10S/c1-7-3-4-8(2)10-6-11-5-9(7)10/h3-6H,1-2H3. The maximum Gasteiger partial charge on any atom is -0.00117 e. The van der Waals surface area contributed by atoms with Gasteiger partial charge in [0.05, 0.1) is 0 Å². The first-order valence-electron chi connectivity index (χ1n) is 3.71. The van der Waals surface area contributed by atoms with Gasteiger partial charge in [0.2, 0.25) is 0 Å². The number of hydrogen-bond acceptors (Lipinski definition) is 1. The lowest BCUT2D eigenvalue weighted by Crippen LogP contribution is -1.76. The zero-order valence-corrected chi connectivity index (χ0v) is 7.53. The largest absolute Gasteiger partial charge is 0.151 e. The molecule has 1 heteroatoms. The summed E-state index contributed by atoms with van der Waals surface area (Å²) in [6.45, 7) is 4.32. The summed E-state index contributed by atoms with van der Waals surface area (Å²) >= 11 is 1.78. The van der Waals surface area contributed by atoms with Gasteiger partial charge >= 0.3 is 0 Å². The third-order valence-corrected chi connectivity index (χ3v) is 2.84. The monoisotopic (exact) mass is 162 g/mol. The Labute approximate surface area is 70.5 Å². The lowest BCUT2D eigenvalue weighted by atomic mass is 10.1. The van der Waals surface area contributed by atoms with Gasteiger partial charge in [0.25, 0.3) is 0 Å². The van der Waals surface area contributed by atoms with Gasteiger partial charge in [-0.3, -0.25) is 0 Å². The molecular formula is C10H10S.